The molecule has 0 aliphatic carbocycles. The van der Waals surface area contributed by atoms with Crippen LogP contribution in [-0.2, 0) is 12.7 Å². The number of alkyl halides is 3. The van der Waals surface area contributed by atoms with Crippen LogP contribution in [0.2, 0.25) is 0 Å². The number of nitrogens with one attached hydrogen (secondary N) is 1. The molecule has 2 aromatic carbocycles. The van der Waals surface area contributed by atoms with Crippen molar-refractivity contribution in [2.24, 2.45) is 0 Å². The first kappa shape index (κ1) is 17.6. The zero-order valence-corrected chi connectivity index (χ0v) is 13.8. The average molecular weight is 363 g/mol. The summed E-state index contributed by atoms with van der Waals surface area (Å²) in [7, 11) is 1.32. The second-order valence-corrected chi connectivity index (χ2v) is 5.62. The quantitative estimate of drug-likeness (QED) is 0.657. The summed E-state index contributed by atoms with van der Waals surface area (Å²) < 4.78 is 43.9. The summed E-state index contributed by atoms with van der Waals surface area (Å²) in [6.45, 7) is 0.282. The molecule has 0 amide bonds. The summed E-state index contributed by atoms with van der Waals surface area (Å²) >= 11 is 0. The summed E-state index contributed by atoms with van der Waals surface area (Å²) in [5.41, 5.74) is 12.3. The largest absolute Gasteiger partial charge is 0.497 e. The highest BCUT2D eigenvalue weighted by Crippen LogP contribution is 2.34. The van der Waals surface area contributed by atoms with Crippen molar-refractivity contribution in [3.8, 4) is 5.75 Å². The molecule has 5 N–H and O–H groups in total. The first-order valence-corrected chi connectivity index (χ1v) is 7.58. The molecule has 0 spiro atoms. The maximum atomic E-state index is 13.0. The Hall–Kier alpha value is -3.23. The highest BCUT2D eigenvalue weighted by Gasteiger charge is 2.31. The smallest absolute Gasteiger partial charge is 0.416 e. The van der Waals surface area contributed by atoms with Gasteiger partial charge >= 0.3 is 6.18 Å². The third-order valence-electron chi connectivity index (χ3n) is 3.77. The summed E-state index contributed by atoms with van der Waals surface area (Å²) in [4.78, 5) is 7.99. The molecule has 0 aliphatic rings. The van der Waals surface area contributed by atoms with Gasteiger partial charge in [0.05, 0.1) is 18.2 Å². The Balaban J connectivity index is 1.86. The van der Waals surface area contributed by atoms with Crippen LogP contribution in [0.25, 0.3) is 10.9 Å². The van der Waals surface area contributed by atoms with Crippen LogP contribution in [0.5, 0.6) is 5.75 Å². The van der Waals surface area contributed by atoms with Gasteiger partial charge < -0.3 is 21.5 Å². The van der Waals surface area contributed by atoms with Crippen molar-refractivity contribution in [1.29, 1.82) is 0 Å². The zero-order valence-electron chi connectivity index (χ0n) is 13.8. The Morgan fingerprint density at radius 1 is 1.08 bits per heavy atom. The number of nitrogens with zero attached hydrogens (tertiary/aromatic N) is 2. The highest BCUT2D eigenvalue weighted by atomic mass is 19.4. The number of halogens is 3. The molecular weight excluding hydrogens is 347 g/mol. The third kappa shape index (κ3) is 3.71. The minimum Gasteiger partial charge on any atom is -0.497 e. The van der Waals surface area contributed by atoms with Gasteiger partial charge in [-0.15, -0.1) is 0 Å². The molecule has 6 nitrogen and oxygen atoms in total. The number of nitrogen functional groups attached to an aromatic ring is 2. The van der Waals surface area contributed by atoms with Crippen molar-refractivity contribution in [1.82, 2.24) is 9.97 Å². The lowest BCUT2D eigenvalue weighted by Crippen LogP contribution is -2.07. The number of nitrogens with two attached hydrogens (primary N) is 2. The Morgan fingerprint density at radius 2 is 1.85 bits per heavy atom. The third-order valence-corrected chi connectivity index (χ3v) is 3.77. The van der Waals surface area contributed by atoms with Crippen molar-refractivity contribution in [3.63, 3.8) is 0 Å². The molecule has 26 heavy (non-hydrogen) atoms. The van der Waals surface area contributed by atoms with Crippen molar-refractivity contribution in [2.75, 3.05) is 23.9 Å². The molecule has 0 atom stereocenters. The lowest BCUT2D eigenvalue weighted by Gasteiger charge is -2.13. The van der Waals surface area contributed by atoms with Gasteiger partial charge in [-0.05, 0) is 29.8 Å². The fourth-order valence-corrected chi connectivity index (χ4v) is 2.51. The minimum atomic E-state index is -4.46. The number of aromatic nitrogens is 2. The van der Waals surface area contributed by atoms with E-state index in [1.165, 1.54) is 13.2 Å². The van der Waals surface area contributed by atoms with E-state index in [4.69, 9.17) is 16.2 Å². The molecule has 136 valence electrons. The van der Waals surface area contributed by atoms with Gasteiger partial charge in [-0.3, -0.25) is 0 Å². The van der Waals surface area contributed by atoms with E-state index in [0.29, 0.717) is 16.6 Å². The number of anilines is 3. The number of hydrogen-bond acceptors (Lipinski definition) is 6. The zero-order chi connectivity index (χ0) is 18.9. The van der Waals surface area contributed by atoms with Crippen LogP contribution < -0.4 is 21.5 Å². The molecule has 0 aliphatic heterocycles. The average Bonchev–Trinajstić information content (AvgIpc) is 2.59. The minimum absolute atomic E-state index is 0.0805. The van der Waals surface area contributed by atoms with Crippen LogP contribution in [0, 0.1) is 0 Å². The van der Waals surface area contributed by atoms with E-state index in [-0.39, 0.29) is 24.1 Å². The Morgan fingerprint density at radius 3 is 2.54 bits per heavy atom. The van der Waals surface area contributed by atoms with E-state index in [1.807, 2.05) is 0 Å². The van der Waals surface area contributed by atoms with Crippen LogP contribution in [0.4, 0.5) is 30.6 Å². The topological polar surface area (TPSA) is 99.1 Å². The number of hydrogen-bond donors (Lipinski definition) is 3. The Kier molecular flexibility index (Phi) is 4.45. The molecule has 9 heteroatoms. The van der Waals surface area contributed by atoms with Crippen molar-refractivity contribution in [2.45, 2.75) is 12.7 Å². The lowest BCUT2D eigenvalue weighted by molar-refractivity contribution is -0.137. The number of methoxy groups -OCH3 is 1. The highest BCUT2D eigenvalue weighted by molar-refractivity contribution is 5.89. The van der Waals surface area contributed by atoms with Crippen LogP contribution in [0.15, 0.2) is 36.4 Å². The van der Waals surface area contributed by atoms with Gasteiger partial charge in [0.25, 0.3) is 0 Å². The van der Waals surface area contributed by atoms with Gasteiger partial charge in [-0.2, -0.15) is 18.2 Å². The lowest BCUT2D eigenvalue weighted by atomic mass is 10.1. The first-order chi connectivity index (χ1) is 12.3. The van der Waals surface area contributed by atoms with Crippen molar-refractivity contribution >= 4 is 28.4 Å². The summed E-state index contributed by atoms with van der Waals surface area (Å²) in [6, 6.07) is 8.75. The van der Waals surface area contributed by atoms with Crippen LogP contribution in [0.3, 0.4) is 0 Å². The molecular formula is C17H16F3N5O. The molecule has 1 heterocycles. The van der Waals surface area contributed by atoms with Gasteiger partial charge in [-0.1, -0.05) is 6.07 Å². The second-order valence-electron chi connectivity index (χ2n) is 5.62. The van der Waals surface area contributed by atoms with Gasteiger partial charge in [0, 0.05) is 23.7 Å². The van der Waals surface area contributed by atoms with Gasteiger partial charge in [0.2, 0.25) is 5.95 Å². The first-order valence-electron chi connectivity index (χ1n) is 7.58. The molecule has 0 saturated heterocycles. The Labute approximate surface area is 147 Å². The fraction of sp³-hybridized carbons (Fsp3) is 0.176. The van der Waals surface area contributed by atoms with E-state index in [0.717, 1.165) is 17.7 Å². The molecule has 0 bridgehead atoms. The molecule has 3 rings (SSSR count). The van der Waals surface area contributed by atoms with Crippen LogP contribution >= 0.6 is 0 Å². The fourth-order valence-electron chi connectivity index (χ4n) is 2.51. The Bertz CT molecular complexity index is 959. The standard InChI is InChI=1S/C17H16F3N5O/c1-26-12-6-10(17(18,19)20)5-11(7-12)23-8-9-2-3-14-13(4-9)15(21)25-16(22)24-14/h2-7,23H,8H2,1H3,(H4,21,22,24,25). The van der Waals surface area contributed by atoms with Gasteiger partial charge in [-0.25, -0.2) is 4.98 Å². The number of fused-ring (bicyclic) bond motifs is 1. The number of benzene rings is 2. The predicted octanol–water partition coefficient (Wildman–Crippen LogP) is 3.43. The molecule has 0 fully saturated rings. The predicted molar refractivity (Wildman–Crippen MR) is 93.7 cm³/mol. The van der Waals surface area contributed by atoms with Gasteiger partial charge in [0.15, 0.2) is 0 Å². The molecule has 0 saturated carbocycles. The molecule has 3 aromatic rings. The van der Waals surface area contributed by atoms with E-state index >= 15 is 0 Å². The number of rotatable bonds is 4. The summed E-state index contributed by atoms with van der Waals surface area (Å²) in [5, 5.41) is 3.58. The maximum absolute atomic E-state index is 13.0. The van der Waals surface area contributed by atoms with E-state index < -0.39 is 11.7 Å². The normalized spacial score (nSPS) is 11.5. The SMILES string of the molecule is COc1cc(NCc2ccc3nc(N)nc(N)c3c2)cc(C(F)(F)F)c1. The van der Waals surface area contributed by atoms with E-state index in [9.17, 15) is 13.2 Å². The summed E-state index contributed by atoms with van der Waals surface area (Å²) in [6.07, 6.45) is -4.46. The summed E-state index contributed by atoms with van der Waals surface area (Å²) in [5.74, 6) is 0.445. The van der Waals surface area contributed by atoms with E-state index in [2.05, 4.69) is 15.3 Å². The molecule has 0 radical (unpaired) electrons. The van der Waals surface area contributed by atoms with Crippen LogP contribution in [-0.4, -0.2) is 17.1 Å². The monoisotopic (exact) mass is 363 g/mol. The molecule has 1 aromatic heterocycles. The molecule has 0 unspecified atom stereocenters. The second kappa shape index (κ2) is 6.58. The van der Waals surface area contributed by atoms with Gasteiger partial charge in [0.1, 0.15) is 11.6 Å². The van der Waals surface area contributed by atoms with Crippen molar-refractivity contribution in [3.05, 3.63) is 47.5 Å². The number of ether oxygens (including phenoxy) is 1. The van der Waals surface area contributed by atoms with Crippen LogP contribution in [0.1, 0.15) is 11.1 Å². The maximum Gasteiger partial charge on any atom is 0.416 e. The van der Waals surface area contributed by atoms with Crippen molar-refractivity contribution < 1.29 is 17.9 Å². The van der Waals surface area contributed by atoms with E-state index in [1.54, 1.807) is 18.2 Å².